The molecule has 1 N–H and O–H groups in total. The quantitative estimate of drug-likeness (QED) is 0.598. The Balaban J connectivity index is 1.55. The summed E-state index contributed by atoms with van der Waals surface area (Å²) in [5.74, 6) is -0.451. The van der Waals surface area contributed by atoms with E-state index in [0.717, 1.165) is 31.7 Å². The van der Waals surface area contributed by atoms with E-state index < -0.39 is 0 Å². The third-order valence-electron chi connectivity index (χ3n) is 4.30. The first-order valence-corrected chi connectivity index (χ1v) is 9.95. The molecule has 2 aliphatic rings. The van der Waals surface area contributed by atoms with Crippen molar-refractivity contribution in [3.63, 3.8) is 0 Å². The Bertz CT molecular complexity index is 771. The summed E-state index contributed by atoms with van der Waals surface area (Å²) in [5, 5.41) is 1.89. The molecule has 2 heterocycles. The maximum atomic E-state index is 12.5. The molecule has 0 aliphatic carbocycles. The van der Waals surface area contributed by atoms with Gasteiger partial charge in [0, 0.05) is 26.2 Å². The van der Waals surface area contributed by atoms with Gasteiger partial charge in [0.25, 0.3) is 11.8 Å². The number of likely N-dealkylation sites (N-methyl/N-ethyl adjacent to an activating group) is 1. The number of amides is 2. The fourth-order valence-electron chi connectivity index (χ4n) is 2.73. The lowest BCUT2D eigenvalue weighted by Crippen LogP contribution is -2.54. The lowest BCUT2D eigenvalue weighted by molar-refractivity contribution is -0.132. The van der Waals surface area contributed by atoms with E-state index in [1.165, 1.54) is 16.7 Å². The van der Waals surface area contributed by atoms with E-state index in [2.05, 4.69) is 17.4 Å². The number of hydrazine groups is 1. The number of allylic oxidation sites excluding steroid dienone is 2. The summed E-state index contributed by atoms with van der Waals surface area (Å²) in [6.45, 7) is 3.28. The molecule has 3 rings (SSSR count). The number of hydrogen-bond donors (Lipinski definition) is 1. The predicted molar refractivity (Wildman–Crippen MR) is 113 cm³/mol. The Kier molecular flexibility index (Phi) is 6.78. The zero-order valence-corrected chi connectivity index (χ0v) is 16.8. The number of nitrogens with one attached hydrogen (secondary N) is 1. The van der Waals surface area contributed by atoms with Gasteiger partial charge in [0.2, 0.25) is 0 Å². The maximum Gasteiger partial charge on any atom is 0.266 e. The first kappa shape index (κ1) is 19.8. The van der Waals surface area contributed by atoms with Crippen LogP contribution in [0.15, 0.2) is 47.4 Å². The summed E-state index contributed by atoms with van der Waals surface area (Å²) < 4.78 is 0.410. The molecule has 0 saturated carbocycles. The van der Waals surface area contributed by atoms with Gasteiger partial charge in [0.15, 0.2) is 0 Å². The van der Waals surface area contributed by atoms with Gasteiger partial charge in [-0.1, -0.05) is 66.5 Å². The largest absolute Gasteiger partial charge is 0.304 e. The molecule has 0 unspecified atom stereocenters. The van der Waals surface area contributed by atoms with Crippen LogP contribution >= 0.6 is 24.0 Å². The molecule has 8 heteroatoms. The van der Waals surface area contributed by atoms with Gasteiger partial charge < -0.3 is 4.90 Å². The molecule has 2 saturated heterocycles. The van der Waals surface area contributed by atoms with E-state index >= 15 is 0 Å². The summed E-state index contributed by atoms with van der Waals surface area (Å²) in [6, 6.07) is 9.84. The fraction of sp³-hybridized carbons (Fsp3) is 0.316. The molecule has 27 heavy (non-hydrogen) atoms. The van der Waals surface area contributed by atoms with Crippen LogP contribution in [0, 0.1) is 0 Å². The molecule has 2 aliphatic heterocycles. The first-order chi connectivity index (χ1) is 13.0. The molecular formula is C19H22N4O2S2. The van der Waals surface area contributed by atoms with E-state index in [1.54, 1.807) is 6.08 Å². The number of thioether (sulfide) groups is 1. The summed E-state index contributed by atoms with van der Waals surface area (Å²) in [4.78, 5) is 28.9. The minimum absolute atomic E-state index is 0.0588. The lowest BCUT2D eigenvalue weighted by atomic mass is 10.2. The number of carbonyl (C=O) groups excluding carboxylic acids is 2. The second-order valence-electron chi connectivity index (χ2n) is 6.39. The molecule has 142 valence electrons. The van der Waals surface area contributed by atoms with Crippen molar-refractivity contribution < 1.29 is 9.59 Å². The monoisotopic (exact) mass is 402 g/mol. The number of benzene rings is 1. The van der Waals surface area contributed by atoms with Gasteiger partial charge in [-0.2, -0.15) is 0 Å². The van der Waals surface area contributed by atoms with Crippen LogP contribution in [-0.4, -0.2) is 70.7 Å². The predicted octanol–water partition coefficient (Wildman–Crippen LogP) is 1.72. The molecule has 1 aromatic carbocycles. The van der Waals surface area contributed by atoms with Crippen molar-refractivity contribution in [2.75, 3.05) is 39.8 Å². The third kappa shape index (κ3) is 5.49. The summed E-state index contributed by atoms with van der Waals surface area (Å²) in [5.41, 5.74) is 3.91. The van der Waals surface area contributed by atoms with Crippen LogP contribution in [0.1, 0.15) is 5.56 Å². The number of hydrogen-bond acceptors (Lipinski definition) is 6. The number of rotatable bonds is 5. The first-order valence-electron chi connectivity index (χ1n) is 8.73. The molecule has 1 aromatic rings. The van der Waals surface area contributed by atoms with Crippen molar-refractivity contribution in [2.45, 2.75) is 0 Å². The van der Waals surface area contributed by atoms with E-state index in [1.807, 2.05) is 47.5 Å². The topological polar surface area (TPSA) is 55.9 Å². The molecule has 2 amide bonds. The molecule has 0 aromatic heterocycles. The smallest absolute Gasteiger partial charge is 0.266 e. The van der Waals surface area contributed by atoms with Gasteiger partial charge >= 0.3 is 0 Å². The molecule has 0 radical (unpaired) electrons. The van der Waals surface area contributed by atoms with Crippen LogP contribution in [-0.2, 0) is 9.59 Å². The van der Waals surface area contributed by atoms with Gasteiger partial charge in [-0.3, -0.25) is 19.9 Å². The zero-order valence-electron chi connectivity index (χ0n) is 15.1. The second kappa shape index (κ2) is 9.27. The normalized spacial score (nSPS) is 20.8. The standard InChI is InChI=1S/C19H22N4O2S2/c1-21-10-12-22(13-11-21)20-17(24)14-23-18(25)16(27-19(23)26)9-5-8-15-6-3-2-4-7-15/h2-9H,10-14H2,1H3,(H,20,24). The van der Waals surface area contributed by atoms with E-state index in [9.17, 15) is 9.59 Å². The highest BCUT2D eigenvalue weighted by atomic mass is 32.2. The Morgan fingerprint density at radius 2 is 1.93 bits per heavy atom. The van der Waals surface area contributed by atoms with E-state index in [0.29, 0.717) is 9.23 Å². The molecule has 2 fully saturated rings. The summed E-state index contributed by atoms with van der Waals surface area (Å²) in [6.07, 6.45) is 5.49. The van der Waals surface area contributed by atoms with Crippen LogP contribution in [0.3, 0.4) is 0 Å². The van der Waals surface area contributed by atoms with Crippen molar-refractivity contribution in [1.29, 1.82) is 0 Å². The van der Waals surface area contributed by atoms with Crippen molar-refractivity contribution in [2.24, 2.45) is 0 Å². The third-order valence-corrected chi connectivity index (χ3v) is 5.69. The second-order valence-corrected chi connectivity index (χ2v) is 8.06. The molecule has 6 nitrogen and oxygen atoms in total. The maximum absolute atomic E-state index is 12.5. The summed E-state index contributed by atoms with van der Waals surface area (Å²) in [7, 11) is 2.05. The highest BCUT2D eigenvalue weighted by Crippen LogP contribution is 2.30. The van der Waals surface area contributed by atoms with Gasteiger partial charge in [0.1, 0.15) is 10.9 Å². The van der Waals surface area contributed by atoms with E-state index in [-0.39, 0.29) is 18.4 Å². The van der Waals surface area contributed by atoms with Crippen molar-refractivity contribution in [3.05, 3.63) is 53.0 Å². The van der Waals surface area contributed by atoms with Crippen molar-refractivity contribution in [1.82, 2.24) is 20.2 Å². The van der Waals surface area contributed by atoms with Crippen LogP contribution in [0.2, 0.25) is 0 Å². The Hall–Kier alpha value is -2.00. The molecular weight excluding hydrogens is 380 g/mol. The number of carbonyl (C=O) groups is 2. The van der Waals surface area contributed by atoms with Gasteiger partial charge in [-0.15, -0.1) is 0 Å². The van der Waals surface area contributed by atoms with Gasteiger partial charge in [-0.25, -0.2) is 5.01 Å². The minimum atomic E-state index is -0.226. The highest BCUT2D eigenvalue weighted by Gasteiger charge is 2.33. The molecule has 0 spiro atoms. The van der Waals surface area contributed by atoms with Crippen LogP contribution in [0.4, 0.5) is 0 Å². The zero-order chi connectivity index (χ0) is 19.2. The number of thiocarbonyl (C=S) groups is 1. The number of nitrogens with zero attached hydrogens (tertiary/aromatic N) is 3. The highest BCUT2D eigenvalue weighted by molar-refractivity contribution is 8.26. The molecule has 0 atom stereocenters. The van der Waals surface area contributed by atoms with Crippen LogP contribution < -0.4 is 5.43 Å². The Morgan fingerprint density at radius 3 is 2.63 bits per heavy atom. The average Bonchev–Trinajstić information content (AvgIpc) is 2.92. The minimum Gasteiger partial charge on any atom is -0.304 e. The Labute approximate surface area is 168 Å². The van der Waals surface area contributed by atoms with Crippen molar-refractivity contribution in [3.8, 4) is 0 Å². The molecule has 0 bridgehead atoms. The Morgan fingerprint density at radius 1 is 1.22 bits per heavy atom. The van der Waals surface area contributed by atoms with Crippen molar-refractivity contribution >= 4 is 46.2 Å². The fourth-order valence-corrected chi connectivity index (χ4v) is 3.94. The van der Waals surface area contributed by atoms with Crippen LogP contribution in [0.25, 0.3) is 6.08 Å². The van der Waals surface area contributed by atoms with Crippen LogP contribution in [0.5, 0.6) is 0 Å². The van der Waals surface area contributed by atoms with Gasteiger partial charge in [-0.05, 0) is 18.7 Å². The summed E-state index contributed by atoms with van der Waals surface area (Å²) >= 11 is 6.50. The number of piperazine rings is 1. The van der Waals surface area contributed by atoms with E-state index in [4.69, 9.17) is 12.2 Å². The average molecular weight is 403 g/mol. The van der Waals surface area contributed by atoms with Gasteiger partial charge in [0.05, 0.1) is 4.91 Å². The lowest BCUT2D eigenvalue weighted by Gasteiger charge is -2.32. The SMILES string of the molecule is CN1CCN(NC(=O)CN2C(=O)C(=CC=Cc3ccccc3)SC2=S)CC1.